The number of para-hydroxylation sites is 2. The molecular formula is C21H20N2O4S. The maximum absolute atomic E-state index is 13.5. The van der Waals surface area contributed by atoms with Gasteiger partial charge in [0.2, 0.25) is 0 Å². The van der Waals surface area contributed by atoms with Crippen molar-refractivity contribution < 1.29 is 18.4 Å². The molecule has 6 nitrogen and oxygen atoms in total. The van der Waals surface area contributed by atoms with Crippen LogP contribution in [0.15, 0.2) is 88.4 Å². The molecule has 2 aromatic carbocycles. The van der Waals surface area contributed by atoms with Crippen LogP contribution in [0.1, 0.15) is 6.92 Å². The number of carbonyl (C=O) groups is 1. The molecule has 1 aliphatic carbocycles. The summed E-state index contributed by atoms with van der Waals surface area (Å²) in [6.45, 7) is 1.64. The molecule has 1 amide bonds. The van der Waals surface area contributed by atoms with E-state index in [4.69, 9.17) is 0 Å². The first-order valence-corrected chi connectivity index (χ1v) is 10.5. The zero-order valence-corrected chi connectivity index (χ0v) is 16.3. The van der Waals surface area contributed by atoms with Crippen LogP contribution >= 0.6 is 0 Å². The van der Waals surface area contributed by atoms with Crippen LogP contribution in [0.4, 0.5) is 11.4 Å². The molecule has 1 aliphatic rings. The molecule has 28 heavy (non-hydrogen) atoms. The van der Waals surface area contributed by atoms with Crippen LogP contribution in [0, 0.1) is 5.92 Å². The summed E-state index contributed by atoms with van der Waals surface area (Å²) in [5, 5.41) is 12.6. The third-order valence-corrected chi connectivity index (χ3v) is 5.67. The molecule has 0 radical (unpaired) electrons. The number of amides is 1. The number of nitrogens with zero attached hydrogens (tertiary/aromatic N) is 2. The first-order chi connectivity index (χ1) is 13.3. The van der Waals surface area contributed by atoms with Gasteiger partial charge in [-0.15, -0.1) is 0 Å². The highest BCUT2D eigenvalue weighted by Gasteiger charge is 2.34. The molecule has 7 heteroatoms. The lowest BCUT2D eigenvalue weighted by atomic mass is 9.90. The van der Waals surface area contributed by atoms with Gasteiger partial charge in [-0.3, -0.25) is 9.69 Å². The van der Waals surface area contributed by atoms with Crippen LogP contribution in [-0.2, 0) is 14.6 Å². The summed E-state index contributed by atoms with van der Waals surface area (Å²) in [6, 6.07) is 18.3. The Morgan fingerprint density at radius 2 is 1.46 bits per heavy atom. The zero-order valence-electron chi connectivity index (χ0n) is 15.5. The molecule has 1 N–H and O–H groups in total. The fourth-order valence-electron chi connectivity index (χ4n) is 3.13. The van der Waals surface area contributed by atoms with E-state index < -0.39 is 15.8 Å². The SMILES string of the molecule is CC1C(C(=O)N(c2ccccc2)c2ccccc2)=CC=C(S(C)(=O)=O)/C1=N\O. The third-order valence-electron chi connectivity index (χ3n) is 4.53. The third kappa shape index (κ3) is 3.75. The van der Waals surface area contributed by atoms with Crippen molar-refractivity contribution in [2.75, 3.05) is 11.2 Å². The summed E-state index contributed by atoms with van der Waals surface area (Å²) < 4.78 is 23.9. The summed E-state index contributed by atoms with van der Waals surface area (Å²) in [7, 11) is -3.59. The fourth-order valence-corrected chi connectivity index (χ4v) is 4.04. The minimum Gasteiger partial charge on any atom is -0.411 e. The molecule has 0 saturated carbocycles. The minimum atomic E-state index is -3.59. The van der Waals surface area contributed by atoms with Crippen molar-refractivity contribution in [3.8, 4) is 0 Å². The lowest BCUT2D eigenvalue weighted by Gasteiger charge is -2.28. The maximum atomic E-state index is 13.5. The van der Waals surface area contributed by atoms with Crippen molar-refractivity contribution in [1.82, 2.24) is 0 Å². The fraction of sp³-hybridized carbons (Fsp3) is 0.143. The Labute approximate surface area is 164 Å². The molecule has 2 aromatic rings. The molecule has 0 heterocycles. The normalized spacial score (nSPS) is 18.4. The Hall–Kier alpha value is -3.19. The standard InChI is InChI=1S/C21H20N2O4S/c1-15-18(13-14-19(20(15)22-25)28(2,26)27)21(24)23(16-9-5-3-6-10-16)17-11-7-4-8-12-17/h3-15,25H,1-2H3/b22-20-. The van der Waals surface area contributed by atoms with Gasteiger partial charge in [0, 0.05) is 29.1 Å². The van der Waals surface area contributed by atoms with Crippen LogP contribution in [0.5, 0.6) is 0 Å². The molecular weight excluding hydrogens is 376 g/mol. The van der Waals surface area contributed by atoms with E-state index in [0.717, 1.165) is 6.26 Å². The van der Waals surface area contributed by atoms with Gasteiger partial charge in [0.1, 0.15) is 5.71 Å². The van der Waals surface area contributed by atoms with E-state index >= 15 is 0 Å². The predicted octanol–water partition coefficient (Wildman–Crippen LogP) is 3.69. The summed E-state index contributed by atoms with van der Waals surface area (Å²) >= 11 is 0. The second-order valence-electron chi connectivity index (χ2n) is 6.44. The summed E-state index contributed by atoms with van der Waals surface area (Å²) in [4.78, 5) is 14.9. The molecule has 0 spiro atoms. The van der Waals surface area contributed by atoms with Gasteiger partial charge in [0.05, 0.1) is 4.91 Å². The van der Waals surface area contributed by atoms with Gasteiger partial charge in [0.25, 0.3) is 5.91 Å². The van der Waals surface area contributed by atoms with Crippen molar-refractivity contribution in [2.45, 2.75) is 6.92 Å². The molecule has 144 valence electrons. The van der Waals surface area contributed by atoms with Gasteiger partial charge < -0.3 is 5.21 Å². The van der Waals surface area contributed by atoms with Crippen LogP contribution in [0.2, 0.25) is 0 Å². The second-order valence-corrected chi connectivity index (χ2v) is 8.43. The highest BCUT2D eigenvalue weighted by molar-refractivity contribution is 7.95. The first kappa shape index (κ1) is 19.6. The van der Waals surface area contributed by atoms with Gasteiger partial charge in [-0.05, 0) is 30.3 Å². The summed E-state index contributed by atoms with van der Waals surface area (Å²) in [5.41, 5.74) is 1.63. The lowest BCUT2D eigenvalue weighted by molar-refractivity contribution is -0.114. The monoisotopic (exact) mass is 396 g/mol. The zero-order chi connectivity index (χ0) is 20.3. The maximum Gasteiger partial charge on any atom is 0.259 e. The van der Waals surface area contributed by atoms with E-state index in [9.17, 15) is 18.4 Å². The predicted molar refractivity (Wildman–Crippen MR) is 109 cm³/mol. The van der Waals surface area contributed by atoms with Gasteiger partial charge >= 0.3 is 0 Å². The average Bonchev–Trinajstić information content (AvgIpc) is 2.68. The molecule has 0 fully saturated rings. The number of hydrogen-bond acceptors (Lipinski definition) is 5. The van der Waals surface area contributed by atoms with Gasteiger partial charge in [0.15, 0.2) is 9.84 Å². The number of oxime groups is 1. The number of sulfone groups is 1. The number of anilines is 2. The van der Waals surface area contributed by atoms with E-state index in [1.165, 1.54) is 12.2 Å². The summed E-state index contributed by atoms with van der Waals surface area (Å²) in [6.07, 6.45) is 3.83. The molecule has 0 bridgehead atoms. The van der Waals surface area contributed by atoms with Gasteiger partial charge in [-0.1, -0.05) is 54.6 Å². The van der Waals surface area contributed by atoms with Crippen LogP contribution in [-0.4, -0.2) is 31.5 Å². The Bertz CT molecular complexity index is 1030. The van der Waals surface area contributed by atoms with Crippen molar-refractivity contribution in [2.24, 2.45) is 11.1 Å². The van der Waals surface area contributed by atoms with Gasteiger partial charge in [-0.2, -0.15) is 0 Å². The van der Waals surface area contributed by atoms with Crippen molar-refractivity contribution in [3.63, 3.8) is 0 Å². The van der Waals surface area contributed by atoms with Crippen molar-refractivity contribution in [1.29, 1.82) is 0 Å². The van der Waals surface area contributed by atoms with E-state index in [2.05, 4.69) is 5.16 Å². The quantitative estimate of drug-likeness (QED) is 0.631. The Morgan fingerprint density at radius 3 is 1.89 bits per heavy atom. The average molecular weight is 396 g/mol. The van der Waals surface area contributed by atoms with Gasteiger partial charge in [-0.25, -0.2) is 8.42 Å². The first-order valence-electron chi connectivity index (χ1n) is 8.63. The number of rotatable bonds is 4. The molecule has 1 atom stereocenters. The van der Waals surface area contributed by atoms with E-state index in [0.29, 0.717) is 16.9 Å². The topological polar surface area (TPSA) is 87.0 Å². The Morgan fingerprint density at radius 1 is 0.964 bits per heavy atom. The number of benzene rings is 2. The molecule has 0 aromatic heterocycles. The smallest absolute Gasteiger partial charge is 0.259 e. The van der Waals surface area contributed by atoms with Crippen LogP contribution in [0.3, 0.4) is 0 Å². The van der Waals surface area contributed by atoms with Crippen LogP contribution in [0.25, 0.3) is 0 Å². The van der Waals surface area contributed by atoms with Crippen LogP contribution < -0.4 is 4.90 Å². The minimum absolute atomic E-state index is 0.0468. The molecule has 0 aliphatic heterocycles. The molecule has 1 unspecified atom stereocenters. The largest absolute Gasteiger partial charge is 0.411 e. The van der Waals surface area contributed by atoms with Crippen molar-refractivity contribution in [3.05, 3.63) is 83.3 Å². The molecule has 3 rings (SSSR count). The van der Waals surface area contributed by atoms with Crippen molar-refractivity contribution >= 4 is 32.8 Å². The summed E-state index contributed by atoms with van der Waals surface area (Å²) in [5.74, 6) is -1.02. The lowest BCUT2D eigenvalue weighted by Crippen LogP contribution is -2.34. The Balaban J connectivity index is 2.12. The highest BCUT2D eigenvalue weighted by atomic mass is 32.2. The number of carbonyl (C=O) groups excluding carboxylic acids is 1. The number of allylic oxidation sites excluding steroid dienone is 3. The number of hydrogen-bond donors (Lipinski definition) is 1. The van der Waals surface area contributed by atoms with E-state index in [1.807, 2.05) is 60.7 Å². The Kier molecular flexibility index (Phi) is 5.46. The molecule has 0 saturated heterocycles. The van der Waals surface area contributed by atoms with E-state index in [-0.39, 0.29) is 16.5 Å². The van der Waals surface area contributed by atoms with E-state index in [1.54, 1.807) is 11.8 Å². The second kappa shape index (κ2) is 7.82. The highest BCUT2D eigenvalue weighted by Crippen LogP contribution is 2.32.